The van der Waals surface area contributed by atoms with E-state index in [9.17, 15) is 9.50 Å². The molecule has 6 heteroatoms. The summed E-state index contributed by atoms with van der Waals surface area (Å²) in [4.78, 5) is 9.13. The Hall–Kier alpha value is -2.47. The molecule has 0 aliphatic carbocycles. The minimum absolute atomic E-state index is 0.130. The maximum atomic E-state index is 14.1. The van der Waals surface area contributed by atoms with Crippen molar-refractivity contribution in [1.29, 1.82) is 0 Å². The number of aryl methyl sites for hydroxylation is 1. The minimum atomic E-state index is -0.219. The highest BCUT2D eigenvalue weighted by Gasteiger charge is 2.16. The third kappa shape index (κ3) is 4.63. The number of unbranched alkanes of at least 4 members (excludes halogenated alkanes) is 1. The van der Waals surface area contributed by atoms with E-state index in [1.165, 1.54) is 6.07 Å². The Labute approximate surface area is 159 Å². The third-order valence-corrected chi connectivity index (χ3v) is 4.75. The first-order valence-corrected chi connectivity index (χ1v) is 9.56. The fraction of sp³-hybridized carbons (Fsp3) is 0.429. The summed E-state index contributed by atoms with van der Waals surface area (Å²) in [6.07, 6.45) is 5.74. The number of hydrogen-bond donors (Lipinski definition) is 2. The normalized spacial score (nSPS) is 12.4. The van der Waals surface area contributed by atoms with Gasteiger partial charge >= 0.3 is 0 Å². The highest BCUT2D eigenvalue weighted by Crippen LogP contribution is 2.25. The van der Waals surface area contributed by atoms with Gasteiger partial charge in [-0.1, -0.05) is 38.0 Å². The molecule has 0 amide bonds. The van der Waals surface area contributed by atoms with Crippen molar-refractivity contribution in [3.8, 4) is 0 Å². The molecule has 2 heterocycles. The molecule has 0 aliphatic heterocycles. The van der Waals surface area contributed by atoms with E-state index in [1.54, 1.807) is 12.1 Å². The molecule has 3 aromatic rings. The molecule has 0 bridgehead atoms. The number of hydrogen-bond acceptors (Lipinski definition) is 4. The molecule has 144 valence electrons. The van der Waals surface area contributed by atoms with Gasteiger partial charge in [0.15, 0.2) is 5.82 Å². The summed E-state index contributed by atoms with van der Waals surface area (Å²) in [7, 11) is 0. The number of nitrogens with zero attached hydrogens (tertiary/aromatic N) is 3. The van der Waals surface area contributed by atoms with Gasteiger partial charge in [0.1, 0.15) is 17.2 Å². The standard InChI is InChI=1S/C21H27FN4O/c1-3-4-8-17(11-13-27)25-21-20-19(23-15(2)24-21)10-12-26(20)14-16-7-5-6-9-18(16)22/h5-7,9-10,12,17,27H,3-4,8,11,13-14H2,1-2H3,(H,23,24,25). The number of anilines is 1. The van der Waals surface area contributed by atoms with Gasteiger partial charge in [0.05, 0.1) is 12.1 Å². The second-order valence-corrected chi connectivity index (χ2v) is 6.88. The van der Waals surface area contributed by atoms with Crippen molar-refractivity contribution in [2.75, 3.05) is 11.9 Å². The summed E-state index contributed by atoms with van der Waals surface area (Å²) in [5.74, 6) is 1.21. The van der Waals surface area contributed by atoms with E-state index in [2.05, 4.69) is 22.2 Å². The molecule has 5 nitrogen and oxygen atoms in total. The zero-order chi connectivity index (χ0) is 19.2. The van der Waals surface area contributed by atoms with Gasteiger partial charge < -0.3 is 15.0 Å². The number of halogens is 1. The van der Waals surface area contributed by atoms with Crippen LogP contribution in [0.25, 0.3) is 11.0 Å². The molecule has 1 aromatic carbocycles. The minimum Gasteiger partial charge on any atom is -0.396 e. The molecule has 0 aliphatic rings. The number of nitrogens with one attached hydrogen (secondary N) is 1. The van der Waals surface area contributed by atoms with E-state index in [0.717, 1.165) is 36.1 Å². The molecule has 0 saturated heterocycles. The first-order valence-electron chi connectivity index (χ1n) is 9.56. The summed E-state index contributed by atoms with van der Waals surface area (Å²) < 4.78 is 16.1. The van der Waals surface area contributed by atoms with Gasteiger partial charge in [0.25, 0.3) is 0 Å². The molecule has 1 atom stereocenters. The Kier molecular flexibility index (Phi) is 6.40. The van der Waals surface area contributed by atoms with Crippen molar-refractivity contribution in [3.63, 3.8) is 0 Å². The monoisotopic (exact) mass is 370 g/mol. The number of aliphatic hydroxyl groups is 1. The second kappa shape index (κ2) is 8.95. The predicted octanol–water partition coefficient (Wildman–Crippen LogP) is 4.28. The Morgan fingerprint density at radius 3 is 2.74 bits per heavy atom. The molecule has 0 saturated carbocycles. The number of fused-ring (bicyclic) bond motifs is 1. The van der Waals surface area contributed by atoms with Crippen LogP contribution in [-0.4, -0.2) is 32.3 Å². The first kappa shape index (κ1) is 19.3. The number of aliphatic hydroxyl groups excluding tert-OH is 1. The summed E-state index contributed by atoms with van der Waals surface area (Å²) in [5, 5.41) is 12.9. The van der Waals surface area contributed by atoms with Gasteiger partial charge in [-0.25, -0.2) is 14.4 Å². The van der Waals surface area contributed by atoms with Crippen LogP contribution in [0.3, 0.4) is 0 Å². The summed E-state index contributed by atoms with van der Waals surface area (Å²) >= 11 is 0. The highest BCUT2D eigenvalue weighted by atomic mass is 19.1. The highest BCUT2D eigenvalue weighted by molar-refractivity contribution is 5.86. The zero-order valence-corrected chi connectivity index (χ0v) is 16.0. The zero-order valence-electron chi connectivity index (χ0n) is 16.0. The van der Waals surface area contributed by atoms with E-state index in [0.29, 0.717) is 24.4 Å². The van der Waals surface area contributed by atoms with Crippen LogP contribution in [-0.2, 0) is 6.54 Å². The summed E-state index contributed by atoms with van der Waals surface area (Å²) in [5.41, 5.74) is 2.32. The Morgan fingerprint density at radius 1 is 1.19 bits per heavy atom. The molecular formula is C21H27FN4O. The molecule has 0 radical (unpaired) electrons. The Morgan fingerprint density at radius 2 is 2.00 bits per heavy atom. The van der Waals surface area contributed by atoms with Crippen LogP contribution in [0, 0.1) is 12.7 Å². The van der Waals surface area contributed by atoms with E-state index < -0.39 is 0 Å². The largest absolute Gasteiger partial charge is 0.396 e. The number of rotatable bonds is 9. The lowest BCUT2D eigenvalue weighted by atomic mass is 10.1. The van der Waals surface area contributed by atoms with Crippen LogP contribution < -0.4 is 5.32 Å². The van der Waals surface area contributed by atoms with Gasteiger partial charge in [0, 0.05) is 24.4 Å². The quantitative estimate of drug-likeness (QED) is 0.590. The van der Waals surface area contributed by atoms with E-state index >= 15 is 0 Å². The van der Waals surface area contributed by atoms with Gasteiger partial charge in [-0.05, 0) is 31.9 Å². The van der Waals surface area contributed by atoms with Crippen LogP contribution in [0.1, 0.15) is 44.0 Å². The molecular weight excluding hydrogens is 343 g/mol. The van der Waals surface area contributed by atoms with Crippen molar-refractivity contribution < 1.29 is 9.50 Å². The van der Waals surface area contributed by atoms with E-state index in [-0.39, 0.29) is 18.5 Å². The Balaban J connectivity index is 1.96. The fourth-order valence-electron chi connectivity index (χ4n) is 3.35. The van der Waals surface area contributed by atoms with Crippen molar-refractivity contribution in [3.05, 3.63) is 53.7 Å². The smallest absolute Gasteiger partial charge is 0.154 e. The fourth-order valence-corrected chi connectivity index (χ4v) is 3.35. The lowest BCUT2D eigenvalue weighted by Gasteiger charge is -2.20. The van der Waals surface area contributed by atoms with E-state index in [4.69, 9.17) is 0 Å². The lowest BCUT2D eigenvalue weighted by Crippen LogP contribution is -2.22. The van der Waals surface area contributed by atoms with Crippen molar-refractivity contribution in [2.45, 2.75) is 52.1 Å². The maximum Gasteiger partial charge on any atom is 0.154 e. The third-order valence-electron chi connectivity index (χ3n) is 4.75. The molecule has 3 rings (SSSR count). The molecule has 2 N–H and O–H groups in total. The van der Waals surface area contributed by atoms with Gasteiger partial charge in [-0.3, -0.25) is 0 Å². The van der Waals surface area contributed by atoms with Crippen LogP contribution in [0.2, 0.25) is 0 Å². The number of aromatic nitrogens is 3. The summed E-state index contributed by atoms with van der Waals surface area (Å²) in [6.45, 7) is 4.57. The molecule has 2 aromatic heterocycles. The van der Waals surface area contributed by atoms with Crippen LogP contribution in [0.4, 0.5) is 10.2 Å². The van der Waals surface area contributed by atoms with Gasteiger partial charge in [-0.2, -0.15) is 0 Å². The van der Waals surface area contributed by atoms with Crippen LogP contribution in [0.15, 0.2) is 36.5 Å². The predicted molar refractivity (Wildman–Crippen MR) is 106 cm³/mol. The van der Waals surface area contributed by atoms with Gasteiger partial charge in [0.2, 0.25) is 0 Å². The van der Waals surface area contributed by atoms with Gasteiger partial charge in [-0.15, -0.1) is 0 Å². The molecule has 0 fully saturated rings. The molecule has 0 spiro atoms. The van der Waals surface area contributed by atoms with Crippen LogP contribution in [0.5, 0.6) is 0 Å². The average molecular weight is 370 g/mol. The summed E-state index contributed by atoms with van der Waals surface area (Å²) in [6, 6.07) is 8.88. The second-order valence-electron chi connectivity index (χ2n) is 6.88. The number of benzene rings is 1. The van der Waals surface area contributed by atoms with Crippen molar-refractivity contribution >= 4 is 16.9 Å². The topological polar surface area (TPSA) is 63.0 Å². The van der Waals surface area contributed by atoms with Crippen molar-refractivity contribution in [2.24, 2.45) is 0 Å². The molecule has 27 heavy (non-hydrogen) atoms. The van der Waals surface area contributed by atoms with Crippen LogP contribution >= 0.6 is 0 Å². The van der Waals surface area contributed by atoms with E-state index in [1.807, 2.05) is 29.8 Å². The lowest BCUT2D eigenvalue weighted by molar-refractivity contribution is 0.276. The SMILES string of the molecule is CCCCC(CCO)Nc1nc(C)nc2ccn(Cc3ccccc3F)c12. The average Bonchev–Trinajstić information content (AvgIpc) is 3.04. The first-order chi connectivity index (χ1) is 13.1. The maximum absolute atomic E-state index is 14.1. The molecule has 1 unspecified atom stereocenters. The van der Waals surface area contributed by atoms with Crippen molar-refractivity contribution in [1.82, 2.24) is 14.5 Å². The Bertz CT molecular complexity index is 893.